The van der Waals surface area contributed by atoms with Gasteiger partial charge in [-0.3, -0.25) is 0 Å². The molecular weight excluding hydrogens is 528 g/mol. The van der Waals surface area contributed by atoms with E-state index in [0.29, 0.717) is 17.1 Å². The molecule has 0 fully saturated rings. The van der Waals surface area contributed by atoms with Crippen LogP contribution < -0.4 is 28.4 Å². The Balaban J connectivity index is 2.69. The molecular formula is C28H40O12. The van der Waals surface area contributed by atoms with E-state index in [4.69, 9.17) is 28.4 Å². The third-order valence-electron chi connectivity index (χ3n) is 6.88. The van der Waals surface area contributed by atoms with Crippen molar-refractivity contribution < 1.29 is 59.1 Å². The van der Waals surface area contributed by atoms with E-state index < -0.39 is 42.5 Å². The fraction of sp³-hybridized carbons (Fsp3) is 0.500. The van der Waals surface area contributed by atoms with Crippen molar-refractivity contribution in [2.45, 2.75) is 42.4 Å². The Morgan fingerprint density at radius 1 is 0.700 bits per heavy atom. The SMILES string of the molecule is C=CC(O)(Cc1ccc(OC)c(OC)c1OC)[C@@H](O)[C@@](O)(Cc1ccc(OC)c(OC)c1OC)[C@H](O)[C@@H](O)CO. The summed E-state index contributed by atoms with van der Waals surface area (Å²) in [5.41, 5.74) is -4.44. The molecule has 2 aromatic carbocycles. The van der Waals surface area contributed by atoms with Crippen LogP contribution in [0, 0.1) is 0 Å². The summed E-state index contributed by atoms with van der Waals surface area (Å²) in [5, 5.41) is 66.1. The maximum atomic E-state index is 11.9. The van der Waals surface area contributed by atoms with Gasteiger partial charge >= 0.3 is 0 Å². The van der Waals surface area contributed by atoms with Gasteiger partial charge in [0.15, 0.2) is 23.0 Å². The maximum Gasteiger partial charge on any atom is 0.203 e. The highest BCUT2D eigenvalue weighted by Crippen LogP contribution is 2.45. The number of aliphatic hydroxyl groups excluding tert-OH is 4. The molecule has 224 valence electrons. The van der Waals surface area contributed by atoms with Gasteiger partial charge in [-0.05, 0) is 12.1 Å². The molecule has 6 N–H and O–H groups in total. The van der Waals surface area contributed by atoms with E-state index in [1.165, 1.54) is 54.8 Å². The minimum Gasteiger partial charge on any atom is -0.493 e. The van der Waals surface area contributed by atoms with E-state index in [9.17, 15) is 30.6 Å². The molecule has 0 aliphatic carbocycles. The standard InChI is InChI=1S/C28H40O12/c1-8-27(33,13-16-9-11-19(35-2)23(39-6)21(16)37-4)26(32)28(34,25(31)18(30)15-29)14-17-10-12-20(36-3)24(40-7)22(17)38-5/h8-12,18,25-26,29-34H,1,13-15H2,2-7H3/t18-,25+,26+,27?,28+/m0/s1. The monoisotopic (exact) mass is 568 g/mol. The van der Waals surface area contributed by atoms with Gasteiger partial charge in [-0.25, -0.2) is 0 Å². The smallest absolute Gasteiger partial charge is 0.203 e. The molecule has 5 atom stereocenters. The molecule has 0 spiro atoms. The lowest BCUT2D eigenvalue weighted by atomic mass is 9.72. The first kappa shape index (κ1) is 32.9. The van der Waals surface area contributed by atoms with Crippen LogP contribution in [0.25, 0.3) is 0 Å². The lowest BCUT2D eigenvalue weighted by Crippen LogP contribution is -2.66. The predicted molar refractivity (Wildman–Crippen MR) is 145 cm³/mol. The van der Waals surface area contributed by atoms with Gasteiger partial charge in [0.2, 0.25) is 11.5 Å². The lowest BCUT2D eigenvalue weighted by molar-refractivity contribution is -0.218. The van der Waals surface area contributed by atoms with Crippen LogP contribution in [0.2, 0.25) is 0 Å². The summed E-state index contributed by atoms with van der Waals surface area (Å²) in [6, 6.07) is 6.15. The average molecular weight is 569 g/mol. The van der Waals surface area contributed by atoms with Crippen LogP contribution in [-0.2, 0) is 12.8 Å². The largest absolute Gasteiger partial charge is 0.493 e. The molecule has 0 aliphatic rings. The van der Waals surface area contributed by atoms with Crippen LogP contribution in [0.3, 0.4) is 0 Å². The van der Waals surface area contributed by atoms with Gasteiger partial charge in [0.25, 0.3) is 0 Å². The van der Waals surface area contributed by atoms with E-state index in [0.717, 1.165) is 6.08 Å². The van der Waals surface area contributed by atoms with Crippen LogP contribution >= 0.6 is 0 Å². The number of aliphatic hydroxyl groups is 6. The molecule has 0 saturated heterocycles. The van der Waals surface area contributed by atoms with Crippen LogP contribution in [0.1, 0.15) is 11.1 Å². The fourth-order valence-electron chi connectivity index (χ4n) is 4.72. The summed E-state index contributed by atoms with van der Waals surface area (Å²) in [4.78, 5) is 0. The van der Waals surface area contributed by atoms with Gasteiger partial charge in [-0.2, -0.15) is 0 Å². The molecule has 2 aromatic rings. The highest BCUT2D eigenvalue weighted by molar-refractivity contribution is 5.57. The fourth-order valence-corrected chi connectivity index (χ4v) is 4.72. The van der Waals surface area contributed by atoms with Crippen molar-refractivity contribution in [3.63, 3.8) is 0 Å². The van der Waals surface area contributed by atoms with Crippen molar-refractivity contribution in [3.8, 4) is 34.5 Å². The molecule has 0 radical (unpaired) electrons. The van der Waals surface area contributed by atoms with Crippen molar-refractivity contribution in [1.29, 1.82) is 0 Å². The second-order valence-electron chi connectivity index (χ2n) is 9.12. The van der Waals surface area contributed by atoms with Gasteiger partial charge < -0.3 is 59.1 Å². The zero-order valence-electron chi connectivity index (χ0n) is 23.6. The second kappa shape index (κ2) is 13.9. The zero-order valence-corrected chi connectivity index (χ0v) is 23.6. The minimum atomic E-state index is -2.68. The van der Waals surface area contributed by atoms with Gasteiger partial charge in [-0.1, -0.05) is 18.2 Å². The summed E-state index contributed by atoms with van der Waals surface area (Å²) in [6.45, 7) is 2.69. The molecule has 0 amide bonds. The van der Waals surface area contributed by atoms with Crippen LogP contribution in [0.15, 0.2) is 36.9 Å². The van der Waals surface area contributed by atoms with Crippen molar-refractivity contribution in [2.24, 2.45) is 0 Å². The Morgan fingerprint density at radius 3 is 1.48 bits per heavy atom. The Labute approximate surface area is 233 Å². The summed E-state index contributed by atoms with van der Waals surface area (Å²) in [6.07, 6.45) is -6.18. The van der Waals surface area contributed by atoms with Crippen molar-refractivity contribution in [1.82, 2.24) is 0 Å². The van der Waals surface area contributed by atoms with E-state index in [1.807, 2.05) is 0 Å². The zero-order chi connectivity index (χ0) is 30.3. The molecule has 12 nitrogen and oxygen atoms in total. The number of hydrogen-bond acceptors (Lipinski definition) is 12. The summed E-state index contributed by atoms with van der Waals surface area (Å²) >= 11 is 0. The summed E-state index contributed by atoms with van der Waals surface area (Å²) < 4.78 is 32.3. The number of rotatable bonds is 16. The second-order valence-corrected chi connectivity index (χ2v) is 9.12. The van der Waals surface area contributed by atoms with Crippen molar-refractivity contribution in [3.05, 3.63) is 48.0 Å². The molecule has 0 saturated carbocycles. The Kier molecular flexibility index (Phi) is 11.4. The average Bonchev–Trinajstić information content (AvgIpc) is 2.98. The third-order valence-corrected chi connectivity index (χ3v) is 6.88. The minimum absolute atomic E-state index is 0.113. The molecule has 40 heavy (non-hydrogen) atoms. The van der Waals surface area contributed by atoms with E-state index in [1.54, 1.807) is 12.1 Å². The van der Waals surface area contributed by atoms with Gasteiger partial charge in [0.05, 0.1) is 49.3 Å². The number of methoxy groups -OCH3 is 6. The molecule has 2 rings (SSSR count). The van der Waals surface area contributed by atoms with Crippen LogP contribution in [0.5, 0.6) is 34.5 Å². The van der Waals surface area contributed by atoms with Crippen LogP contribution in [0.4, 0.5) is 0 Å². The predicted octanol–water partition coefficient (Wildman–Crippen LogP) is 0.247. The first-order chi connectivity index (χ1) is 19.0. The van der Waals surface area contributed by atoms with Gasteiger partial charge in [0.1, 0.15) is 29.5 Å². The third kappa shape index (κ3) is 6.22. The molecule has 0 bridgehead atoms. The summed E-state index contributed by atoms with van der Waals surface area (Å²) in [5.74, 6) is 1.36. The highest BCUT2D eigenvalue weighted by Gasteiger charge is 2.54. The first-order valence-electron chi connectivity index (χ1n) is 12.3. The normalized spacial score (nSPS) is 16.5. The van der Waals surface area contributed by atoms with E-state index in [2.05, 4.69) is 6.58 Å². The Hall–Kier alpha value is -3.26. The quantitative estimate of drug-likeness (QED) is 0.152. The Bertz CT molecular complexity index is 1140. The molecule has 1 unspecified atom stereocenters. The molecule has 0 aromatic heterocycles. The lowest BCUT2D eigenvalue weighted by Gasteiger charge is -2.45. The molecule has 12 heteroatoms. The van der Waals surface area contributed by atoms with E-state index in [-0.39, 0.29) is 35.0 Å². The molecule has 0 heterocycles. The topological polar surface area (TPSA) is 177 Å². The number of hydrogen-bond donors (Lipinski definition) is 6. The number of benzene rings is 2. The van der Waals surface area contributed by atoms with Crippen molar-refractivity contribution >= 4 is 0 Å². The maximum absolute atomic E-state index is 11.9. The van der Waals surface area contributed by atoms with Gasteiger partial charge in [0, 0.05) is 24.0 Å². The van der Waals surface area contributed by atoms with E-state index >= 15 is 0 Å². The first-order valence-corrected chi connectivity index (χ1v) is 12.3. The highest BCUT2D eigenvalue weighted by atomic mass is 16.5. The summed E-state index contributed by atoms with van der Waals surface area (Å²) in [7, 11) is 8.37. The Morgan fingerprint density at radius 2 is 1.12 bits per heavy atom. The molecule has 0 aliphatic heterocycles. The number of ether oxygens (including phenoxy) is 6. The van der Waals surface area contributed by atoms with Gasteiger partial charge in [-0.15, -0.1) is 6.58 Å². The van der Waals surface area contributed by atoms with Crippen LogP contribution in [-0.4, -0.2) is 109 Å². The van der Waals surface area contributed by atoms with Crippen molar-refractivity contribution in [2.75, 3.05) is 49.3 Å².